The number of amides is 1. The Kier molecular flexibility index (Phi) is 5.29. The van der Waals surface area contributed by atoms with Crippen LogP contribution in [0.25, 0.3) is 16.7 Å². The van der Waals surface area contributed by atoms with E-state index in [9.17, 15) is 19.5 Å². The Morgan fingerprint density at radius 1 is 1.30 bits per heavy atom. The van der Waals surface area contributed by atoms with E-state index in [1.54, 1.807) is 36.6 Å². The Morgan fingerprint density at radius 3 is 2.52 bits per heavy atom. The van der Waals surface area contributed by atoms with Crippen molar-refractivity contribution in [3.05, 3.63) is 46.2 Å². The molecule has 1 amide bonds. The van der Waals surface area contributed by atoms with E-state index in [4.69, 9.17) is 5.73 Å². The Hall–Kier alpha value is -2.72. The quantitative estimate of drug-likeness (QED) is 0.458. The van der Waals surface area contributed by atoms with Gasteiger partial charge < -0.3 is 20.6 Å². The molecular formula is C17H15N4O4S2-. The molecule has 27 heavy (non-hydrogen) atoms. The second-order valence-electron chi connectivity index (χ2n) is 5.57. The lowest BCUT2D eigenvalue weighted by atomic mass is 10.2. The number of nitrogens with two attached hydrogens (primary N) is 1. The molecule has 0 saturated carbocycles. The van der Waals surface area contributed by atoms with E-state index < -0.39 is 22.7 Å². The maximum Gasteiger partial charge on any atom is 0.269 e. The summed E-state index contributed by atoms with van der Waals surface area (Å²) in [5.74, 6) is -2.02. The topological polar surface area (TPSA) is 134 Å². The third-order valence-corrected chi connectivity index (χ3v) is 5.59. The minimum absolute atomic E-state index is 0.0705. The van der Waals surface area contributed by atoms with Gasteiger partial charge in [-0.3, -0.25) is 14.2 Å². The molecular weight excluding hydrogens is 388 g/mol. The van der Waals surface area contributed by atoms with Gasteiger partial charge in [-0.25, -0.2) is 4.98 Å². The van der Waals surface area contributed by atoms with Crippen LogP contribution in [0.15, 0.2) is 45.3 Å². The van der Waals surface area contributed by atoms with Crippen molar-refractivity contribution >= 4 is 46.4 Å². The van der Waals surface area contributed by atoms with Crippen LogP contribution >= 0.6 is 23.5 Å². The Bertz CT molecular complexity index is 1090. The molecule has 0 fully saturated rings. The highest BCUT2D eigenvalue weighted by Crippen LogP contribution is 2.29. The lowest BCUT2D eigenvalue weighted by molar-refractivity contribution is -0.304. The average Bonchev–Trinajstić information content (AvgIpc) is 3.01. The van der Waals surface area contributed by atoms with Crippen molar-refractivity contribution in [1.82, 2.24) is 14.5 Å². The van der Waals surface area contributed by atoms with Gasteiger partial charge in [-0.2, -0.15) is 0 Å². The predicted molar refractivity (Wildman–Crippen MR) is 102 cm³/mol. The minimum atomic E-state index is -1.27. The Labute approximate surface area is 162 Å². The summed E-state index contributed by atoms with van der Waals surface area (Å²) in [7, 11) is 0. The number of hydrogen-bond donors (Lipinski definition) is 2. The molecule has 1 atom stereocenters. The van der Waals surface area contributed by atoms with E-state index in [0.29, 0.717) is 10.7 Å². The van der Waals surface area contributed by atoms with Crippen molar-refractivity contribution in [1.29, 1.82) is 0 Å². The Morgan fingerprint density at radius 2 is 1.96 bits per heavy atom. The van der Waals surface area contributed by atoms with Crippen LogP contribution in [0.1, 0.15) is 17.3 Å². The summed E-state index contributed by atoms with van der Waals surface area (Å²) < 4.78 is 1.27. The van der Waals surface area contributed by atoms with Crippen molar-refractivity contribution in [3.8, 4) is 5.69 Å². The number of rotatable bonds is 6. The van der Waals surface area contributed by atoms with Crippen LogP contribution in [0, 0.1) is 0 Å². The first-order chi connectivity index (χ1) is 12.8. The number of para-hydroxylation sites is 1. The predicted octanol–water partition coefficient (Wildman–Crippen LogP) is 0.765. The number of aromatic amines is 1. The number of carboxylic acid groups (broad SMARTS) is 1. The van der Waals surface area contributed by atoms with Crippen molar-refractivity contribution in [3.63, 3.8) is 0 Å². The molecule has 10 heteroatoms. The minimum Gasteiger partial charge on any atom is -0.549 e. The molecule has 3 N–H and O–H groups in total. The number of H-pyrrole nitrogens is 1. The van der Waals surface area contributed by atoms with Crippen LogP contribution in [0.5, 0.6) is 0 Å². The van der Waals surface area contributed by atoms with E-state index in [-0.39, 0.29) is 21.8 Å². The molecule has 0 aliphatic rings. The number of aliphatic carboxylic acids is 1. The van der Waals surface area contributed by atoms with Crippen LogP contribution < -0.4 is 16.4 Å². The van der Waals surface area contributed by atoms with Gasteiger partial charge in [0.2, 0.25) is 0 Å². The van der Waals surface area contributed by atoms with Crippen molar-refractivity contribution in [2.45, 2.75) is 22.4 Å². The molecule has 0 aliphatic heterocycles. The first kappa shape index (κ1) is 19.1. The lowest BCUT2D eigenvalue weighted by Crippen LogP contribution is -2.32. The molecule has 3 rings (SSSR count). The van der Waals surface area contributed by atoms with E-state index in [0.717, 1.165) is 11.8 Å². The number of primary amides is 1. The number of carbonyl (C=O) groups is 2. The van der Waals surface area contributed by atoms with Crippen LogP contribution in [-0.4, -0.2) is 37.9 Å². The fourth-order valence-electron chi connectivity index (χ4n) is 2.58. The standard InChI is InChI=1S/C17H16N4O4S2/c1-8(16(24)25)27-17-20-13-11(10(12(18)22)14(19-13)26-2)15(23)21(17)9-6-4-3-5-7-9/h3-8,19H,1-2H3,(H2,18,22)(H,24,25)/p-1. The number of aromatic nitrogens is 3. The fraction of sp³-hybridized carbons (Fsp3) is 0.176. The lowest BCUT2D eigenvalue weighted by Gasteiger charge is -2.16. The number of nitrogens with zero attached hydrogens (tertiary/aromatic N) is 2. The third-order valence-electron chi connectivity index (χ3n) is 3.84. The van der Waals surface area contributed by atoms with Gasteiger partial charge in [0.25, 0.3) is 11.5 Å². The number of benzene rings is 1. The highest BCUT2D eigenvalue weighted by molar-refractivity contribution is 8.00. The summed E-state index contributed by atoms with van der Waals surface area (Å²) in [6.07, 6.45) is 1.74. The van der Waals surface area contributed by atoms with Crippen LogP contribution in [0.4, 0.5) is 0 Å². The fourth-order valence-corrected chi connectivity index (χ4v) is 4.03. The van der Waals surface area contributed by atoms with Gasteiger partial charge in [-0.05, 0) is 25.3 Å². The number of carboxylic acids is 1. The number of carbonyl (C=O) groups excluding carboxylic acids is 2. The monoisotopic (exact) mass is 403 g/mol. The number of thioether (sulfide) groups is 2. The first-order valence-electron chi connectivity index (χ1n) is 7.80. The van der Waals surface area contributed by atoms with Gasteiger partial charge in [0.05, 0.1) is 27.6 Å². The molecule has 8 nitrogen and oxygen atoms in total. The zero-order valence-electron chi connectivity index (χ0n) is 14.4. The third kappa shape index (κ3) is 3.45. The summed E-state index contributed by atoms with van der Waals surface area (Å²) in [5, 5.41) is 10.9. The smallest absolute Gasteiger partial charge is 0.269 e. The first-order valence-corrected chi connectivity index (χ1v) is 9.91. The maximum atomic E-state index is 13.3. The average molecular weight is 403 g/mol. The van der Waals surface area contributed by atoms with Gasteiger partial charge in [0, 0.05) is 5.25 Å². The SMILES string of the molecule is CSc1[nH]c2nc(SC(C)C(=O)[O-])n(-c3ccccc3)c(=O)c2c1C(N)=O. The summed E-state index contributed by atoms with van der Waals surface area (Å²) in [5.41, 5.74) is 5.71. The second kappa shape index (κ2) is 7.49. The van der Waals surface area contributed by atoms with Crippen molar-refractivity contribution < 1.29 is 14.7 Å². The summed E-state index contributed by atoms with van der Waals surface area (Å²) in [4.78, 5) is 43.7. The van der Waals surface area contributed by atoms with Gasteiger partial charge in [-0.1, -0.05) is 30.0 Å². The zero-order chi connectivity index (χ0) is 19.7. The van der Waals surface area contributed by atoms with Crippen LogP contribution in [0.3, 0.4) is 0 Å². The highest BCUT2D eigenvalue weighted by Gasteiger charge is 2.24. The highest BCUT2D eigenvalue weighted by atomic mass is 32.2. The molecule has 3 aromatic rings. The summed E-state index contributed by atoms with van der Waals surface area (Å²) in [6, 6.07) is 8.64. The van der Waals surface area contributed by atoms with Gasteiger partial charge in [-0.15, -0.1) is 11.8 Å². The van der Waals surface area contributed by atoms with E-state index in [1.807, 2.05) is 0 Å². The number of fused-ring (bicyclic) bond motifs is 1. The normalized spacial score (nSPS) is 12.2. The van der Waals surface area contributed by atoms with Gasteiger partial charge >= 0.3 is 0 Å². The van der Waals surface area contributed by atoms with E-state index >= 15 is 0 Å². The zero-order valence-corrected chi connectivity index (χ0v) is 16.0. The number of nitrogens with one attached hydrogen (secondary N) is 1. The maximum absolute atomic E-state index is 13.3. The van der Waals surface area contributed by atoms with Gasteiger partial charge in [0.1, 0.15) is 5.65 Å². The number of hydrogen-bond acceptors (Lipinski definition) is 7. The van der Waals surface area contributed by atoms with Crippen LogP contribution in [-0.2, 0) is 4.79 Å². The molecule has 1 unspecified atom stereocenters. The molecule has 2 heterocycles. The largest absolute Gasteiger partial charge is 0.549 e. The van der Waals surface area contributed by atoms with E-state index in [1.165, 1.54) is 23.3 Å². The molecule has 140 valence electrons. The van der Waals surface area contributed by atoms with Crippen molar-refractivity contribution in [2.75, 3.05) is 6.26 Å². The molecule has 0 radical (unpaired) electrons. The second-order valence-corrected chi connectivity index (χ2v) is 7.70. The molecule has 0 saturated heterocycles. The van der Waals surface area contributed by atoms with Gasteiger partial charge in [0.15, 0.2) is 5.16 Å². The molecule has 0 spiro atoms. The van der Waals surface area contributed by atoms with Crippen molar-refractivity contribution in [2.24, 2.45) is 5.73 Å². The molecule has 0 aliphatic carbocycles. The molecule has 2 aromatic heterocycles. The summed E-state index contributed by atoms with van der Waals surface area (Å²) in [6.45, 7) is 1.45. The van der Waals surface area contributed by atoms with Crippen LogP contribution in [0.2, 0.25) is 0 Å². The van der Waals surface area contributed by atoms with E-state index in [2.05, 4.69) is 9.97 Å². The molecule has 0 bridgehead atoms. The molecule has 1 aromatic carbocycles. The Balaban J connectivity index is 2.38. The summed E-state index contributed by atoms with van der Waals surface area (Å²) >= 11 is 2.11.